The summed E-state index contributed by atoms with van der Waals surface area (Å²) in [5, 5.41) is 9.27. The zero-order valence-electron chi connectivity index (χ0n) is 14.0. The summed E-state index contributed by atoms with van der Waals surface area (Å²) in [6, 6.07) is 10.9. The fourth-order valence-corrected chi connectivity index (χ4v) is 2.28. The summed E-state index contributed by atoms with van der Waals surface area (Å²) in [6.45, 7) is 4.55. The van der Waals surface area contributed by atoms with Crippen LogP contribution in [0.15, 0.2) is 46.6 Å². The lowest BCUT2D eigenvalue weighted by Gasteiger charge is -2.06. The number of ether oxygens (including phenoxy) is 1. The SMILES string of the molecule is CCCCCOc1ccc(/C=C(\C#N)C(=O)c2ccoc2C)cc1. The molecule has 4 heteroatoms. The first kappa shape index (κ1) is 17.6. The first-order chi connectivity index (χ1) is 11.7. The average Bonchev–Trinajstić information content (AvgIpc) is 3.03. The van der Waals surface area contributed by atoms with Crippen LogP contribution in [0.5, 0.6) is 5.75 Å². The van der Waals surface area contributed by atoms with Crippen molar-refractivity contribution in [3.63, 3.8) is 0 Å². The van der Waals surface area contributed by atoms with Crippen molar-refractivity contribution in [1.82, 2.24) is 0 Å². The number of furan rings is 1. The molecule has 4 nitrogen and oxygen atoms in total. The van der Waals surface area contributed by atoms with Gasteiger partial charge in [0.1, 0.15) is 23.2 Å². The highest BCUT2D eigenvalue weighted by Crippen LogP contribution is 2.18. The first-order valence-electron chi connectivity index (χ1n) is 8.09. The van der Waals surface area contributed by atoms with Gasteiger partial charge >= 0.3 is 0 Å². The normalized spacial score (nSPS) is 11.1. The molecule has 0 spiro atoms. The number of benzene rings is 1. The summed E-state index contributed by atoms with van der Waals surface area (Å²) in [4.78, 5) is 12.4. The van der Waals surface area contributed by atoms with E-state index >= 15 is 0 Å². The van der Waals surface area contributed by atoms with Gasteiger partial charge in [0.15, 0.2) is 0 Å². The van der Waals surface area contributed by atoms with Crippen molar-refractivity contribution in [1.29, 1.82) is 5.26 Å². The van der Waals surface area contributed by atoms with E-state index in [1.807, 2.05) is 30.3 Å². The Balaban J connectivity index is 2.07. The summed E-state index contributed by atoms with van der Waals surface area (Å²) in [6.07, 6.45) is 6.38. The van der Waals surface area contributed by atoms with Gasteiger partial charge in [-0.05, 0) is 43.2 Å². The van der Waals surface area contributed by atoms with Crippen LogP contribution in [0.2, 0.25) is 0 Å². The molecule has 1 aromatic heterocycles. The molecule has 2 rings (SSSR count). The fraction of sp³-hybridized carbons (Fsp3) is 0.300. The molecule has 1 aromatic carbocycles. The van der Waals surface area contributed by atoms with Crippen LogP contribution in [0.1, 0.15) is 47.9 Å². The van der Waals surface area contributed by atoms with Gasteiger partial charge in [-0.3, -0.25) is 4.79 Å². The van der Waals surface area contributed by atoms with Crippen LogP contribution < -0.4 is 4.74 Å². The Morgan fingerprint density at radius 3 is 2.58 bits per heavy atom. The van der Waals surface area contributed by atoms with Crippen molar-refractivity contribution < 1.29 is 13.9 Å². The van der Waals surface area contributed by atoms with Crippen molar-refractivity contribution in [3.8, 4) is 11.8 Å². The standard InChI is InChI=1S/C20H21NO3/c1-3-4-5-11-24-18-8-6-16(7-9-18)13-17(14-21)20(22)19-10-12-23-15(19)2/h6-10,12-13H,3-5,11H2,1-2H3/b17-13+. The number of aryl methyl sites for hydroxylation is 1. The lowest BCUT2D eigenvalue weighted by atomic mass is 10.0. The highest BCUT2D eigenvalue weighted by atomic mass is 16.5. The lowest BCUT2D eigenvalue weighted by molar-refractivity contribution is 0.103. The van der Waals surface area contributed by atoms with Crippen molar-refractivity contribution in [2.75, 3.05) is 6.61 Å². The molecule has 0 saturated heterocycles. The molecule has 0 atom stereocenters. The third-order valence-corrected chi connectivity index (χ3v) is 3.68. The number of allylic oxidation sites excluding steroid dienone is 1. The van der Waals surface area contributed by atoms with Crippen LogP contribution in [0.3, 0.4) is 0 Å². The molecule has 0 unspecified atom stereocenters. The summed E-state index contributed by atoms with van der Waals surface area (Å²) in [5.74, 6) is 0.972. The number of Topliss-reactive ketones (excluding diaryl/α,β-unsaturated/α-hetero) is 1. The number of carbonyl (C=O) groups is 1. The van der Waals surface area contributed by atoms with E-state index in [9.17, 15) is 10.1 Å². The average molecular weight is 323 g/mol. The molecule has 1 heterocycles. The molecular formula is C20H21NO3. The summed E-state index contributed by atoms with van der Waals surface area (Å²) in [5.41, 5.74) is 1.27. The van der Waals surface area contributed by atoms with Gasteiger partial charge in [0.25, 0.3) is 0 Å². The van der Waals surface area contributed by atoms with Crippen molar-refractivity contribution in [2.24, 2.45) is 0 Å². The second-order valence-corrected chi connectivity index (χ2v) is 5.51. The number of unbranched alkanes of at least 4 members (excludes halogenated alkanes) is 2. The lowest BCUT2D eigenvalue weighted by Crippen LogP contribution is -2.02. The van der Waals surface area contributed by atoms with Gasteiger partial charge < -0.3 is 9.15 Å². The number of nitriles is 1. The van der Waals surface area contributed by atoms with Crippen LogP contribution in [0, 0.1) is 18.3 Å². The molecule has 0 aliphatic carbocycles. The Labute approximate surface area is 142 Å². The molecule has 0 aliphatic rings. The molecule has 0 aliphatic heterocycles. The van der Waals surface area contributed by atoms with E-state index in [0.717, 1.165) is 30.6 Å². The van der Waals surface area contributed by atoms with Crippen molar-refractivity contribution >= 4 is 11.9 Å². The molecule has 0 N–H and O–H groups in total. The zero-order chi connectivity index (χ0) is 17.4. The van der Waals surface area contributed by atoms with Crippen LogP contribution >= 0.6 is 0 Å². The summed E-state index contributed by atoms with van der Waals surface area (Å²) < 4.78 is 10.8. The van der Waals surface area contributed by atoms with Crippen molar-refractivity contribution in [2.45, 2.75) is 33.1 Å². The minimum absolute atomic E-state index is 0.0797. The summed E-state index contributed by atoms with van der Waals surface area (Å²) >= 11 is 0. The van der Waals surface area contributed by atoms with E-state index in [4.69, 9.17) is 9.15 Å². The zero-order valence-corrected chi connectivity index (χ0v) is 14.0. The topological polar surface area (TPSA) is 63.2 Å². The Kier molecular flexibility index (Phi) is 6.39. The van der Waals surface area contributed by atoms with Crippen LogP contribution in [-0.4, -0.2) is 12.4 Å². The maximum atomic E-state index is 12.4. The molecule has 124 valence electrons. The highest BCUT2D eigenvalue weighted by Gasteiger charge is 2.16. The molecule has 2 aromatic rings. The van der Waals surface area contributed by atoms with Gasteiger partial charge in [0.05, 0.1) is 18.4 Å². The predicted octanol–water partition coefficient (Wildman–Crippen LogP) is 4.95. The van der Waals surface area contributed by atoms with Crippen molar-refractivity contribution in [3.05, 3.63) is 59.1 Å². The van der Waals surface area contributed by atoms with Crippen LogP contribution in [0.4, 0.5) is 0 Å². The van der Waals surface area contributed by atoms with E-state index in [-0.39, 0.29) is 11.4 Å². The molecule has 0 bridgehead atoms. The van der Waals surface area contributed by atoms with E-state index in [1.165, 1.54) is 6.26 Å². The van der Waals surface area contributed by atoms with E-state index in [1.54, 1.807) is 19.1 Å². The number of hydrogen-bond acceptors (Lipinski definition) is 4. The Morgan fingerprint density at radius 2 is 2.00 bits per heavy atom. The Morgan fingerprint density at radius 1 is 1.25 bits per heavy atom. The van der Waals surface area contributed by atoms with Crippen LogP contribution in [-0.2, 0) is 0 Å². The Hall–Kier alpha value is -2.80. The maximum absolute atomic E-state index is 12.4. The fourth-order valence-electron chi connectivity index (χ4n) is 2.28. The minimum atomic E-state index is -0.330. The smallest absolute Gasteiger partial charge is 0.207 e. The molecule has 0 fully saturated rings. The predicted molar refractivity (Wildman–Crippen MR) is 92.8 cm³/mol. The Bertz CT molecular complexity index is 748. The number of carbonyl (C=O) groups excluding carboxylic acids is 1. The number of rotatable bonds is 8. The minimum Gasteiger partial charge on any atom is -0.494 e. The van der Waals surface area contributed by atoms with E-state index < -0.39 is 0 Å². The number of nitrogens with zero attached hydrogens (tertiary/aromatic N) is 1. The van der Waals surface area contributed by atoms with Gasteiger partial charge in [-0.1, -0.05) is 31.9 Å². The third-order valence-electron chi connectivity index (χ3n) is 3.68. The summed E-state index contributed by atoms with van der Waals surface area (Å²) in [7, 11) is 0. The third kappa shape index (κ3) is 4.60. The molecule has 0 radical (unpaired) electrons. The van der Waals surface area contributed by atoms with E-state index in [2.05, 4.69) is 6.92 Å². The number of ketones is 1. The van der Waals surface area contributed by atoms with Gasteiger partial charge in [-0.25, -0.2) is 0 Å². The second-order valence-electron chi connectivity index (χ2n) is 5.51. The highest BCUT2D eigenvalue weighted by molar-refractivity contribution is 6.14. The second kappa shape index (κ2) is 8.73. The number of hydrogen-bond donors (Lipinski definition) is 0. The molecule has 0 amide bonds. The van der Waals surface area contributed by atoms with Gasteiger partial charge in [0, 0.05) is 0 Å². The molecular weight excluding hydrogens is 302 g/mol. The van der Waals surface area contributed by atoms with E-state index in [0.29, 0.717) is 17.9 Å². The maximum Gasteiger partial charge on any atom is 0.207 e. The van der Waals surface area contributed by atoms with Gasteiger partial charge in [-0.15, -0.1) is 0 Å². The van der Waals surface area contributed by atoms with Gasteiger partial charge in [0.2, 0.25) is 5.78 Å². The monoisotopic (exact) mass is 323 g/mol. The molecule has 0 saturated carbocycles. The molecule has 24 heavy (non-hydrogen) atoms. The van der Waals surface area contributed by atoms with Gasteiger partial charge in [-0.2, -0.15) is 5.26 Å². The van der Waals surface area contributed by atoms with Crippen LogP contribution in [0.25, 0.3) is 6.08 Å². The quantitative estimate of drug-likeness (QED) is 0.298. The largest absolute Gasteiger partial charge is 0.494 e. The first-order valence-corrected chi connectivity index (χ1v) is 8.09.